The summed E-state index contributed by atoms with van der Waals surface area (Å²) >= 11 is 0. The van der Waals surface area contributed by atoms with Gasteiger partial charge in [0.25, 0.3) is 0 Å². The number of furan rings is 1. The molecule has 0 saturated heterocycles. The third kappa shape index (κ3) is 4.08. The van der Waals surface area contributed by atoms with Gasteiger partial charge in [-0.1, -0.05) is 0 Å². The molecule has 0 spiro atoms. The minimum Gasteiger partial charge on any atom is -0.496 e. The van der Waals surface area contributed by atoms with E-state index < -0.39 is 0 Å². The number of nitrogens with two attached hydrogens (primary N) is 2. The number of halogens is 2. The molecule has 0 unspecified atom stereocenters. The van der Waals surface area contributed by atoms with Crippen LogP contribution in [0.4, 0.5) is 5.69 Å². The third-order valence-corrected chi connectivity index (χ3v) is 2.23. The molecule has 1 aromatic heterocycles. The van der Waals surface area contributed by atoms with E-state index in [2.05, 4.69) is 4.99 Å². The molecule has 0 atom stereocenters. The van der Waals surface area contributed by atoms with Gasteiger partial charge < -0.3 is 20.6 Å². The van der Waals surface area contributed by atoms with E-state index in [1.54, 1.807) is 25.5 Å². The van der Waals surface area contributed by atoms with Crippen molar-refractivity contribution in [3.05, 3.63) is 36.6 Å². The minimum atomic E-state index is 0. The third-order valence-electron chi connectivity index (χ3n) is 2.23. The summed E-state index contributed by atoms with van der Waals surface area (Å²) in [5.41, 5.74) is 12.1. The normalized spacial score (nSPS) is 8.89. The van der Waals surface area contributed by atoms with E-state index in [9.17, 15) is 0 Å². The summed E-state index contributed by atoms with van der Waals surface area (Å²) in [6, 6.07) is 9.06. The number of ether oxygens (including phenoxy) is 1. The van der Waals surface area contributed by atoms with Crippen LogP contribution in [0.3, 0.4) is 0 Å². The second-order valence-corrected chi connectivity index (χ2v) is 3.40. The van der Waals surface area contributed by atoms with Crippen LogP contribution >= 0.6 is 24.8 Å². The fourth-order valence-electron chi connectivity index (χ4n) is 1.53. The van der Waals surface area contributed by atoms with E-state index >= 15 is 0 Å². The van der Waals surface area contributed by atoms with E-state index in [1.807, 2.05) is 18.2 Å². The highest BCUT2D eigenvalue weighted by Crippen LogP contribution is 2.33. The predicted molar refractivity (Wildman–Crippen MR) is 80.7 cm³/mol. The zero-order valence-corrected chi connectivity index (χ0v) is 11.8. The fraction of sp³-hybridized carbons (Fsp3) is 0.0833. The van der Waals surface area contributed by atoms with Crippen LogP contribution in [0.25, 0.3) is 11.3 Å². The Labute approximate surface area is 123 Å². The van der Waals surface area contributed by atoms with Crippen molar-refractivity contribution < 1.29 is 9.15 Å². The van der Waals surface area contributed by atoms with E-state index in [4.69, 9.17) is 20.6 Å². The lowest BCUT2D eigenvalue weighted by Crippen LogP contribution is -2.21. The summed E-state index contributed by atoms with van der Waals surface area (Å²) in [6.45, 7) is 0. The van der Waals surface area contributed by atoms with Gasteiger partial charge >= 0.3 is 0 Å². The van der Waals surface area contributed by atoms with Crippen LogP contribution in [-0.2, 0) is 0 Å². The van der Waals surface area contributed by atoms with Gasteiger partial charge in [0.05, 0.1) is 24.6 Å². The van der Waals surface area contributed by atoms with E-state index in [0.717, 1.165) is 11.3 Å². The van der Waals surface area contributed by atoms with Gasteiger partial charge in [0.15, 0.2) is 5.96 Å². The van der Waals surface area contributed by atoms with E-state index in [0.29, 0.717) is 11.4 Å². The molecule has 0 aliphatic rings. The number of nitrogens with zero attached hydrogens (tertiary/aromatic N) is 1. The molecule has 7 heteroatoms. The second-order valence-electron chi connectivity index (χ2n) is 3.40. The lowest BCUT2D eigenvalue weighted by atomic mass is 10.1. The van der Waals surface area contributed by atoms with Crippen LogP contribution in [-0.4, -0.2) is 13.1 Å². The number of benzene rings is 1. The lowest BCUT2D eigenvalue weighted by molar-refractivity contribution is 0.415. The van der Waals surface area contributed by atoms with Crippen molar-refractivity contribution in [3.8, 4) is 17.1 Å². The molecule has 0 aliphatic carbocycles. The summed E-state index contributed by atoms with van der Waals surface area (Å²) in [6.07, 6.45) is 1.61. The molecule has 104 valence electrons. The number of guanidine groups is 1. The van der Waals surface area contributed by atoms with Crippen molar-refractivity contribution in [2.24, 2.45) is 16.5 Å². The first-order valence-corrected chi connectivity index (χ1v) is 5.02. The lowest BCUT2D eigenvalue weighted by Gasteiger charge is -2.07. The number of hydrogen-bond donors (Lipinski definition) is 2. The summed E-state index contributed by atoms with van der Waals surface area (Å²) in [4.78, 5) is 3.95. The largest absolute Gasteiger partial charge is 0.496 e. The van der Waals surface area contributed by atoms with Gasteiger partial charge in [0, 0.05) is 6.07 Å². The van der Waals surface area contributed by atoms with Crippen molar-refractivity contribution in [2.75, 3.05) is 7.11 Å². The number of methoxy groups -OCH3 is 1. The molecule has 0 aliphatic heterocycles. The van der Waals surface area contributed by atoms with Gasteiger partial charge in [-0.15, -0.1) is 24.8 Å². The summed E-state index contributed by atoms with van der Waals surface area (Å²) in [5, 5.41) is 0. The van der Waals surface area contributed by atoms with Gasteiger partial charge in [0.1, 0.15) is 11.5 Å². The van der Waals surface area contributed by atoms with E-state index in [1.165, 1.54) is 0 Å². The second kappa shape index (κ2) is 7.56. The Balaban J connectivity index is 0.00000162. The molecule has 0 bridgehead atoms. The maximum absolute atomic E-state index is 5.32. The van der Waals surface area contributed by atoms with Crippen molar-refractivity contribution in [3.63, 3.8) is 0 Å². The zero-order valence-electron chi connectivity index (χ0n) is 10.2. The first-order chi connectivity index (χ1) is 8.20. The first kappa shape index (κ1) is 17.2. The molecule has 0 saturated carbocycles. The van der Waals surface area contributed by atoms with Gasteiger partial charge in [-0.2, -0.15) is 0 Å². The molecule has 0 amide bonds. The Bertz CT molecular complexity index is 538. The van der Waals surface area contributed by atoms with Gasteiger partial charge in [0.2, 0.25) is 0 Å². The molecule has 1 aromatic carbocycles. The number of hydrogen-bond acceptors (Lipinski definition) is 3. The summed E-state index contributed by atoms with van der Waals surface area (Å²) in [7, 11) is 1.58. The van der Waals surface area contributed by atoms with E-state index in [-0.39, 0.29) is 30.8 Å². The summed E-state index contributed by atoms with van der Waals surface area (Å²) in [5.74, 6) is 1.40. The molecule has 1 heterocycles. The fourth-order valence-corrected chi connectivity index (χ4v) is 1.53. The highest BCUT2D eigenvalue weighted by Gasteiger charge is 2.08. The predicted octanol–water partition coefficient (Wildman–Crippen LogP) is 2.70. The summed E-state index contributed by atoms with van der Waals surface area (Å²) < 4.78 is 10.6. The molecular formula is C12H15Cl2N3O2. The molecule has 2 rings (SSSR count). The highest BCUT2D eigenvalue weighted by molar-refractivity contribution is 5.85. The SMILES string of the molecule is COc1cc(N=C(N)N)ccc1-c1ccco1.Cl.Cl. The minimum absolute atomic E-state index is 0. The van der Waals surface area contributed by atoms with Crippen LogP contribution in [0.1, 0.15) is 0 Å². The zero-order chi connectivity index (χ0) is 12.3. The van der Waals surface area contributed by atoms with Crippen molar-refractivity contribution in [2.45, 2.75) is 0 Å². The highest BCUT2D eigenvalue weighted by atomic mass is 35.5. The van der Waals surface area contributed by atoms with Crippen molar-refractivity contribution in [1.82, 2.24) is 0 Å². The molecular weight excluding hydrogens is 289 g/mol. The molecule has 2 aromatic rings. The van der Waals surface area contributed by atoms with Gasteiger partial charge in [-0.25, -0.2) is 4.99 Å². The van der Waals surface area contributed by atoms with Crippen molar-refractivity contribution >= 4 is 36.5 Å². The van der Waals surface area contributed by atoms with Crippen LogP contribution in [0.15, 0.2) is 46.0 Å². The van der Waals surface area contributed by atoms with Gasteiger partial charge in [-0.3, -0.25) is 0 Å². The number of rotatable bonds is 3. The maximum atomic E-state index is 5.32. The Hall–Kier alpha value is -1.85. The Morgan fingerprint density at radius 2 is 1.95 bits per heavy atom. The van der Waals surface area contributed by atoms with Gasteiger partial charge in [-0.05, 0) is 24.3 Å². The van der Waals surface area contributed by atoms with Crippen LogP contribution in [0.2, 0.25) is 0 Å². The molecule has 0 radical (unpaired) electrons. The maximum Gasteiger partial charge on any atom is 0.191 e. The standard InChI is InChI=1S/C12H13N3O2.2ClH/c1-16-11-7-8(15-12(13)14)4-5-9(11)10-3-2-6-17-10;;/h2-7H,1H3,(H4,13,14,15);2*1H. The molecule has 4 N–H and O–H groups in total. The topological polar surface area (TPSA) is 86.8 Å². The van der Waals surface area contributed by atoms with Crippen LogP contribution in [0.5, 0.6) is 5.75 Å². The molecule has 0 fully saturated rings. The monoisotopic (exact) mass is 303 g/mol. The van der Waals surface area contributed by atoms with Crippen LogP contribution < -0.4 is 16.2 Å². The van der Waals surface area contributed by atoms with Crippen LogP contribution in [0, 0.1) is 0 Å². The Morgan fingerprint density at radius 1 is 1.21 bits per heavy atom. The smallest absolute Gasteiger partial charge is 0.191 e. The molecule has 5 nitrogen and oxygen atoms in total. The Kier molecular flexibility index (Phi) is 6.82. The Morgan fingerprint density at radius 3 is 2.47 bits per heavy atom. The molecule has 19 heavy (non-hydrogen) atoms. The average molecular weight is 304 g/mol. The quantitative estimate of drug-likeness (QED) is 0.674. The number of aliphatic imine (C=N–C) groups is 1. The average Bonchev–Trinajstić information content (AvgIpc) is 2.81. The van der Waals surface area contributed by atoms with Crippen molar-refractivity contribution in [1.29, 1.82) is 0 Å². The first-order valence-electron chi connectivity index (χ1n) is 5.02.